The number of rotatable bonds is 9. The highest BCUT2D eigenvalue weighted by Crippen LogP contribution is 2.12. The van der Waals surface area contributed by atoms with E-state index in [0.29, 0.717) is 18.3 Å². The third kappa shape index (κ3) is 8.01. The van der Waals surface area contributed by atoms with E-state index in [2.05, 4.69) is 44.4 Å². The summed E-state index contributed by atoms with van der Waals surface area (Å²) in [5.74, 6) is 2.29. The second kappa shape index (κ2) is 9.99. The van der Waals surface area contributed by atoms with Gasteiger partial charge in [-0.05, 0) is 24.0 Å². The average molecular weight is 242 g/mol. The zero-order valence-corrected chi connectivity index (χ0v) is 11.8. The van der Waals surface area contributed by atoms with Crippen LogP contribution in [0.3, 0.4) is 0 Å². The van der Waals surface area contributed by atoms with E-state index in [0.717, 1.165) is 25.4 Å². The summed E-state index contributed by atoms with van der Waals surface area (Å²) in [4.78, 5) is 2.42. The van der Waals surface area contributed by atoms with Crippen molar-refractivity contribution in [2.45, 2.75) is 40.0 Å². The van der Waals surface area contributed by atoms with Crippen molar-refractivity contribution in [1.29, 1.82) is 5.26 Å². The molecule has 0 aliphatic carbocycles. The zero-order chi connectivity index (χ0) is 12.4. The Hall–Kier alpha value is -0.200. The minimum atomic E-state index is 0.637. The molecule has 3 heteroatoms. The van der Waals surface area contributed by atoms with Crippen molar-refractivity contribution in [3.8, 4) is 6.07 Å². The van der Waals surface area contributed by atoms with Crippen LogP contribution in [0.25, 0.3) is 0 Å². The van der Waals surface area contributed by atoms with E-state index in [4.69, 9.17) is 5.26 Å². The second-order valence-electron chi connectivity index (χ2n) is 4.90. The summed E-state index contributed by atoms with van der Waals surface area (Å²) in [6, 6.07) is 2.23. The van der Waals surface area contributed by atoms with Crippen LogP contribution < -0.4 is 0 Å². The van der Waals surface area contributed by atoms with Gasteiger partial charge in [0.2, 0.25) is 0 Å². The first kappa shape index (κ1) is 15.8. The van der Waals surface area contributed by atoms with Crippen molar-refractivity contribution >= 4 is 12.6 Å². The quantitative estimate of drug-likeness (QED) is 0.629. The third-order valence-corrected chi connectivity index (χ3v) is 3.15. The number of hydrogen-bond acceptors (Lipinski definition) is 3. The maximum atomic E-state index is 8.65. The molecule has 16 heavy (non-hydrogen) atoms. The van der Waals surface area contributed by atoms with E-state index in [1.807, 2.05) is 0 Å². The number of hydrogen-bond donors (Lipinski definition) is 1. The number of thiol groups is 1. The fourth-order valence-electron chi connectivity index (χ4n) is 2.00. The Kier molecular flexibility index (Phi) is 9.86. The van der Waals surface area contributed by atoms with E-state index < -0.39 is 0 Å². The Bertz CT molecular complexity index is 199. The van der Waals surface area contributed by atoms with Gasteiger partial charge < -0.3 is 4.90 Å². The summed E-state index contributed by atoms with van der Waals surface area (Å²) in [5, 5.41) is 8.65. The predicted octanol–water partition coefficient (Wildman–Crippen LogP) is 3.20. The maximum Gasteiger partial charge on any atom is 0.0635 e. The van der Waals surface area contributed by atoms with Crippen LogP contribution >= 0.6 is 12.6 Å². The lowest BCUT2D eigenvalue weighted by Crippen LogP contribution is -2.34. The molecule has 0 saturated heterocycles. The second-order valence-corrected chi connectivity index (χ2v) is 5.26. The van der Waals surface area contributed by atoms with E-state index >= 15 is 0 Å². The van der Waals surface area contributed by atoms with Crippen LogP contribution in [0, 0.1) is 23.2 Å². The molecule has 0 aromatic heterocycles. The van der Waals surface area contributed by atoms with Crippen LogP contribution in [0.4, 0.5) is 0 Å². The highest BCUT2D eigenvalue weighted by molar-refractivity contribution is 7.80. The van der Waals surface area contributed by atoms with Crippen molar-refractivity contribution in [2.24, 2.45) is 11.8 Å². The largest absolute Gasteiger partial charge is 0.302 e. The lowest BCUT2D eigenvalue weighted by atomic mass is 10.0. The molecular weight excluding hydrogens is 216 g/mol. The number of nitriles is 1. The van der Waals surface area contributed by atoms with Crippen molar-refractivity contribution in [1.82, 2.24) is 4.90 Å². The Labute approximate surface area is 106 Å². The molecule has 0 radical (unpaired) electrons. The van der Waals surface area contributed by atoms with Crippen molar-refractivity contribution in [3.63, 3.8) is 0 Å². The van der Waals surface area contributed by atoms with Gasteiger partial charge >= 0.3 is 0 Å². The summed E-state index contributed by atoms with van der Waals surface area (Å²) in [7, 11) is 0. The SMILES string of the molecule is CCCC(CS)CN(CCC#N)CC(C)C. The lowest BCUT2D eigenvalue weighted by molar-refractivity contribution is 0.215. The Balaban J connectivity index is 4.10. The fourth-order valence-corrected chi connectivity index (χ4v) is 2.29. The van der Waals surface area contributed by atoms with E-state index in [1.54, 1.807) is 0 Å². The monoisotopic (exact) mass is 242 g/mol. The van der Waals surface area contributed by atoms with Gasteiger partial charge in [0.05, 0.1) is 6.07 Å². The van der Waals surface area contributed by atoms with Crippen LogP contribution in [0.2, 0.25) is 0 Å². The highest BCUT2D eigenvalue weighted by atomic mass is 32.1. The molecule has 0 rings (SSSR count). The molecule has 0 aliphatic rings. The van der Waals surface area contributed by atoms with Gasteiger partial charge in [0.1, 0.15) is 0 Å². The minimum absolute atomic E-state index is 0.637. The molecular formula is C13H26N2S. The van der Waals surface area contributed by atoms with E-state index in [1.165, 1.54) is 12.8 Å². The molecule has 0 aromatic rings. The Morgan fingerprint density at radius 1 is 1.31 bits per heavy atom. The molecule has 0 N–H and O–H groups in total. The van der Waals surface area contributed by atoms with Gasteiger partial charge in [-0.3, -0.25) is 0 Å². The normalized spacial score (nSPS) is 13.1. The summed E-state index contributed by atoms with van der Waals surface area (Å²) in [6.07, 6.45) is 3.10. The summed E-state index contributed by atoms with van der Waals surface area (Å²) < 4.78 is 0. The standard InChI is InChI=1S/C13H26N2S/c1-4-6-13(11-16)10-15(8-5-7-14)9-12(2)3/h12-13,16H,4-6,8-11H2,1-3H3. The Morgan fingerprint density at radius 2 is 2.00 bits per heavy atom. The van der Waals surface area contributed by atoms with Gasteiger partial charge in [-0.25, -0.2) is 0 Å². The highest BCUT2D eigenvalue weighted by Gasteiger charge is 2.13. The van der Waals surface area contributed by atoms with Crippen LogP contribution in [0.5, 0.6) is 0 Å². The first-order valence-electron chi connectivity index (χ1n) is 6.34. The van der Waals surface area contributed by atoms with Gasteiger partial charge in [0, 0.05) is 26.1 Å². The molecule has 1 atom stereocenters. The zero-order valence-electron chi connectivity index (χ0n) is 10.9. The van der Waals surface area contributed by atoms with Gasteiger partial charge in [0.25, 0.3) is 0 Å². The molecule has 0 spiro atoms. The van der Waals surface area contributed by atoms with E-state index in [9.17, 15) is 0 Å². The van der Waals surface area contributed by atoms with Crippen molar-refractivity contribution in [3.05, 3.63) is 0 Å². The molecule has 1 unspecified atom stereocenters. The molecule has 0 aromatic carbocycles. The smallest absolute Gasteiger partial charge is 0.0635 e. The van der Waals surface area contributed by atoms with Crippen LogP contribution in [-0.2, 0) is 0 Å². The minimum Gasteiger partial charge on any atom is -0.302 e. The topological polar surface area (TPSA) is 27.0 Å². The predicted molar refractivity (Wildman–Crippen MR) is 73.8 cm³/mol. The van der Waals surface area contributed by atoms with Gasteiger partial charge in [-0.15, -0.1) is 0 Å². The molecule has 0 saturated carbocycles. The van der Waals surface area contributed by atoms with Gasteiger partial charge in [-0.2, -0.15) is 17.9 Å². The van der Waals surface area contributed by atoms with Gasteiger partial charge in [-0.1, -0.05) is 27.2 Å². The van der Waals surface area contributed by atoms with Gasteiger partial charge in [0.15, 0.2) is 0 Å². The Morgan fingerprint density at radius 3 is 2.44 bits per heavy atom. The molecule has 0 fully saturated rings. The summed E-state index contributed by atoms with van der Waals surface area (Å²) in [5.41, 5.74) is 0. The molecule has 94 valence electrons. The third-order valence-electron chi connectivity index (χ3n) is 2.63. The van der Waals surface area contributed by atoms with Crippen LogP contribution in [-0.4, -0.2) is 30.3 Å². The molecule has 0 heterocycles. The number of nitrogens with zero attached hydrogens (tertiary/aromatic N) is 2. The molecule has 2 nitrogen and oxygen atoms in total. The van der Waals surface area contributed by atoms with E-state index in [-0.39, 0.29) is 0 Å². The summed E-state index contributed by atoms with van der Waals surface area (Å²) >= 11 is 4.41. The first-order chi connectivity index (χ1) is 7.63. The van der Waals surface area contributed by atoms with Crippen LogP contribution in [0.1, 0.15) is 40.0 Å². The van der Waals surface area contributed by atoms with Crippen molar-refractivity contribution in [2.75, 3.05) is 25.4 Å². The molecule has 0 aliphatic heterocycles. The van der Waals surface area contributed by atoms with Crippen LogP contribution in [0.15, 0.2) is 0 Å². The summed E-state index contributed by atoms with van der Waals surface area (Å²) in [6.45, 7) is 9.78. The molecule has 0 amide bonds. The maximum absolute atomic E-state index is 8.65. The average Bonchev–Trinajstić information content (AvgIpc) is 2.24. The fraction of sp³-hybridized carbons (Fsp3) is 0.923. The molecule has 0 bridgehead atoms. The first-order valence-corrected chi connectivity index (χ1v) is 6.97. The van der Waals surface area contributed by atoms with Crippen molar-refractivity contribution < 1.29 is 0 Å². The lowest BCUT2D eigenvalue weighted by Gasteiger charge is -2.27.